The van der Waals surface area contributed by atoms with E-state index < -0.39 is 0 Å². The van der Waals surface area contributed by atoms with E-state index in [4.69, 9.17) is 16.7 Å². The number of amides is 1. The Balaban J connectivity index is 3.03. The molecule has 1 rings (SSSR count). The van der Waals surface area contributed by atoms with Crippen LogP contribution in [0.3, 0.4) is 0 Å². The van der Waals surface area contributed by atoms with E-state index in [9.17, 15) is 4.79 Å². The van der Waals surface area contributed by atoms with Gasteiger partial charge in [0, 0.05) is 19.7 Å². The molecule has 0 radical (unpaired) electrons. The van der Waals surface area contributed by atoms with Crippen LogP contribution in [0, 0.1) is 0 Å². The quantitative estimate of drug-likeness (QED) is 0.752. The van der Waals surface area contributed by atoms with Crippen LogP contribution in [-0.4, -0.2) is 18.1 Å². The van der Waals surface area contributed by atoms with Crippen molar-refractivity contribution in [2.45, 2.75) is 6.92 Å². The van der Waals surface area contributed by atoms with Crippen molar-refractivity contribution in [3.05, 3.63) is 23.2 Å². The first kappa shape index (κ1) is 9.86. The van der Waals surface area contributed by atoms with Gasteiger partial charge in [-0.05, 0) is 18.2 Å². The third-order valence-corrected chi connectivity index (χ3v) is 2.09. The van der Waals surface area contributed by atoms with Crippen molar-refractivity contribution in [3.63, 3.8) is 0 Å². The standard InChI is InChI=1S/C9H10ClNO2/c1-6(12)11(2)7-3-4-9(13)8(10)5-7/h3-5,13H,1-2H3. The topological polar surface area (TPSA) is 40.5 Å². The number of phenols is 1. The fourth-order valence-electron chi connectivity index (χ4n) is 0.886. The molecule has 70 valence electrons. The molecule has 0 heterocycles. The second-order valence-corrected chi connectivity index (χ2v) is 3.12. The molecular formula is C9H10ClNO2. The number of carbonyl (C=O) groups is 1. The van der Waals surface area contributed by atoms with E-state index in [1.165, 1.54) is 24.0 Å². The van der Waals surface area contributed by atoms with Gasteiger partial charge in [0.1, 0.15) is 5.75 Å². The van der Waals surface area contributed by atoms with Crippen molar-refractivity contribution in [1.82, 2.24) is 0 Å². The highest BCUT2D eigenvalue weighted by Gasteiger charge is 2.07. The summed E-state index contributed by atoms with van der Waals surface area (Å²) in [6.07, 6.45) is 0. The Hall–Kier alpha value is -1.22. The minimum atomic E-state index is -0.0817. The van der Waals surface area contributed by atoms with Crippen LogP contribution in [0.4, 0.5) is 5.69 Å². The van der Waals surface area contributed by atoms with Crippen molar-refractivity contribution in [2.24, 2.45) is 0 Å². The minimum absolute atomic E-state index is 0.0161. The first-order valence-corrected chi connectivity index (χ1v) is 4.13. The van der Waals surface area contributed by atoms with Gasteiger partial charge in [-0.15, -0.1) is 0 Å². The van der Waals surface area contributed by atoms with Gasteiger partial charge >= 0.3 is 0 Å². The van der Waals surface area contributed by atoms with Gasteiger partial charge in [-0.1, -0.05) is 11.6 Å². The largest absolute Gasteiger partial charge is 0.506 e. The molecule has 0 saturated carbocycles. The summed E-state index contributed by atoms with van der Waals surface area (Å²) in [6.45, 7) is 1.46. The number of phenolic OH excluding ortho intramolecular Hbond substituents is 1. The van der Waals surface area contributed by atoms with Crippen LogP contribution in [0.1, 0.15) is 6.92 Å². The smallest absolute Gasteiger partial charge is 0.223 e. The maximum absolute atomic E-state index is 11.0. The lowest BCUT2D eigenvalue weighted by molar-refractivity contribution is -0.116. The minimum Gasteiger partial charge on any atom is -0.506 e. The van der Waals surface area contributed by atoms with Crippen molar-refractivity contribution >= 4 is 23.2 Å². The Kier molecular flexibility index (Phi) is 2.78. The first-order valence-electron chi connectivity index (χ1n) is 3.75. The molecule has 1 N–H and O–H groups in total. The molecular weight excluding hydrogens is 190 g/mol. The molecule has 0 aromatic heterocycles. The molecule has 1 amide bonds. The molecule has 1 aromatic rings. The van der Waals surface area contributed by atoms with E-state index in [1.807, 2.05) is 0 Å². The van der Waals surface area contributed by atoms with E-state index in [0.29, 0.717) is 5.69 Å². The molecule has 0 aliphatic heterocycles. The molecule has 0 aliphatic carbocycles. The number of aromatic hydroxyl groups is 1. The van der Waals surface area contributed by atoms with Crippen LogP contribution in [0.15, 0.2) is 18.2 Å². The Labute approximate surface area is 81.5 Å². The Morgan fingerprint density at radius 3 is 2.62 bits per heavy atom. The van der Waals surface area contributed by atoms with E-state index in [0.717, 1.165) is 0 Å². The van der Waals surface area contributed by atoms with Crippen LogP contribution < -0.4 is 4.90 Å². The molecule has 0 saturated heterocycles. The summed E-state index contributed by atoms with van der Waals surface area (Å²) < 4.78 is 0. The van der Waals surface area contributed by atoms with E-state index >= 15 is 0 Å². The molecule has 0 unspecified atom stereocenters. The number of halogens is 1. The maximum atomic E-state index is 11.0. The predicted octanol–water partition coefficient (Wildman–Crippen LogP) is 2.03. The molecule has 0 spiro atoms. The van der Waals surface area contributed by atoms with Crippen molar-refractivity contribution in [1.29, 1.82) is 0 Å². The third-order valence-electron chi connectivity index (χ3n) is 1.79. The van der Waals surface area contributed by atoms with Crippen LogP contribution >= 0.6 is 11.6 Å². The maximum Gasteiger partial charge on any atom is 0.223 e. The average molecular weight is 200 g/mol. The monoisotopic (exact) mass is 199 g/mol. The Morgan fingerprint density at radius 2 is 2.15 bits per heavy atom. The van der Waals surface area contributed by atoms with Gasteiger partial charge in [0.15, 0.2) is 0 Å². The lowest BCUT2D eigenvalue weighted by atomic mass is 10.3. The van der Waals surface area contributed by atoms with Crippen LogP contribution in [0.2, 0.25) is 5.02 Å². The van der Waals surface area contributed by atoms with E-state index in [-0.39, 0.29) is 16.7 Å². The van der Waals surface area contributed by atoms with Gasteiger partial charge in [0.2, 0.25) is 5.91 Å². The summed E-state index contributed by atoms with van der Waals surface area (Å²) in [5.74, 6) is -0.0656. The SMILES string of the molecule is CC(=O)N(C)c1ccc(O)c(Cl)c1. The molecule has 0 bridgehead atoms. The number of benzene rings is 1. The Morgan fingerprint density at radius 1 is 1.54 bits per heavy atom. The summed E-state index contributed by atoms with van der Waals surface area (Å²) >= 11 is 5.67. The molecule has 0 aliphatic rings. The van der Waals surface area contributed by atoms with Crippen LogP contribution in [0.25, 0.3) is 0 Å². The Bertz CT molecular complexity index is 338. The third kappa shape index (κ3) is 2.12. The summed E-state index contributed by atoms with van der Waals surface area (Å²) in [7, 11) is 1.64. The number of rotatable bonds is 1. The lowest BCUT2D eigenvalue weighted by Crippen LogP contribution is -2.22. The molecule has 4 heteroatoms. The zero-order valence-corrected chi connectivity index (χ0v) is 8.17. The molecule has 0 atom stereocenters. The van der Waals surface area contributed by atoms with Gasteiger partial charge in [-0.25, -0.2) is 0 Å². The number of carbonyl (C=O) groups excluding carboxylic acids is 1. The number of hydrogen-bond donors (Lipinski definition) is 1. The highest BCUT2D eigenvalue weighted by molar-refractivity contribution is 6.32. The molecule has 3 nitrogen and oxygen atoms in total. The van der Waals surface area contributed by atoms with Gasteiger partial charge < -0.3 is 10.0 Å². The van der Waals surface area contributed by atoms with Crippen molar-refractivity contribution in [2.75, 3.05) is 11.9 Å². The van der Waals surface area contributed by atoms with Crippen LogP contribution in [0.5, 0.6) is 5.75 Å². The van der Waals surface area contributed by atoms with Crippen molar-refractivity contribution < 1.29 is 9.90 Å². The predicted molar refractivity (Wildman–Crippen MR) is 52.2 cm³/mol. The van der Waals surface area contributed by atoms with Gasteiger partial charge in [-0.2, -0.15) is 0 Å². The van der Waals surface area contributed by atoms with Gasteiger partial charge in [0.25, 0.3) is 0 Å². The van der Waals surface area contributed by atoms with E-state index in [2.05, 4.69) is 0 Å². The van der Waals surface area contributed by atoms with Gasteiger partial charge in [0.05, 0.1) is 5.02 Å². The van der Waals surface area contributed by atoms with E-state index in [1.54, 1.807) is 13.1 Å². The number of hydrogen-bond acceptors (Lipinski definition) is 2. The van der Waals surface area contributed by atoms with Gasteiger partial charge in [-0.3, -0.25) is 4.79 Å². The molecule has 0 fully saturated rings. The normalized spacial score (nSPS) is 9.77. The molecule has 13 heavy (non-hydrogen) atoms. The number of anilines is 1. The summed E-state index contributed by atoms with van der Waals surface area (Å²) in [5.41, 5.74) is 0.662. The molecule has 1 aromatic carbocycles. The highest BCUT2D eigenvalue weighted by Crippen LogP contribution is 2.27. The zero-order chi connectivity index (χ0) is 10.0. The zero-order valence-electron chi connectivity index (χ0n) is 7.41. The highest BCUT2D eigenvalue weighted by atomic mass is 35.5. The second kappa shape index (κ2) is 3.66. The van der Waals surface area contributed by atoms with Crippen molar-refractivity contribution in [3.8, 4) is 5.75 Å². The summed E-state index contributed by atoms with van der Waals surface area (Å²) in [4.78, 5) is 12.4. The summed E-state index contributed by atoms with van der Waals surface area (Å²) in [5, 5.41) is 9.37. The van der Waals surface area contributed by atoms with Crippen LogP contribution in [-0.2, 0) is 4.79 Å². The average Bonchev–Trinajstić information content (AvgIpc) is 2.08. The second-order valence-electron chi connectivity index (χ2n) is 2.71. The number of nitrogens with zero attached hydrogens (tertiary/aromatic N) is 1. The first-order chi connectivity index (χ1) is 6.02. The summed E-state index contributed by atoms with van der Waals surface area (Å²) in [6, 6.07) is 4.62. The lowest BCUT2D eigenvalue weighted by Gasteiger charge is -2.15. The fourth-order valence-corrected chi connectivity index (χ4v) is 1.06. The fraction of sp³-hybridized carbons (Fsp3) is 0.222.